The number of nitrogen functional groups attached to an aromatic ring is 1. The van der Waals surface area contributed by atoms with Crippen molar-refractivity contribution in [3.63, 3.8) is 0 Å². The Morgan fingerprint density at radius 2 is 1.81 bits per heavy atom. The Bertz CT molecular complexity index is 621. The van der Waals surface area contributed by atoms with E-state index >= 15 is 0 Å². The normalized spacial score (nSPS) is 11.2. The van der Waals surface area contributed by atoms with Crippen molar-refractivity contribution < 1.29 is 18.0 Å². The van der Waals surface area contributed by atoms with Gasteiger partial charge in [0.1, 0.15) is 5.69 Å². The third kappa shape index (κ3) is 3.95. The first-order chi connectivity index (χ1) is 9.86. The molecule has 1 aromatic heterocycles. The van der Waals surface area contributed by atoms with Crippen molar-refractivity contribution in [3.8, 4) is 0 Å². The molecule has 2 rings (SSSR count). The highest BCUT2D eigenvalue weighted by Gasteiger charge is 2.32. The van der Waals surface area contributed by atoms with Gasteiger partial charge >= 0.3 is 6.18 Å². The zero-order valence-electron chi connectivity index (χ0n) is 10.8. The van der Waals surface area contributed by atoms with Crippen molar-refractivity contribution in [3.05, 3.63) is 59.4 Å². The molecule has 0 aliphatic carbocycles. The number of rotatable bonds is 3. The van der Waals surface area contributed by atoms with Crippen LogP contribution in [0.1, 0.15) is 21.6 Å². The molecule has 0 atom stereocenters. The van der Waals surface area contributed by atoms with Crippen molar-refractivity contribution >= 4 is 11.6 Å². The number of hydrogen-bond acceptors (Lipinski definition) is 3. The minimum absolute atomic E-state index is 0.0680. The largest absolute Gasteiger partial charge is 0.433 e. The monoisotopic (exact) mass is 295 g/mol. The summed E-state index contributed by atoms with van der Waals surface area (Å²) in [6, 6.07) is 8.76. The Kier molecular flexibility index (Phi) is 4.11. The van der Waals surface area contributed by atoms with Gasteiger partial charge in [-0.25, -0.2) is 0 Å². The maximum Gasteiger partial charge on any atom is 0.433 e. The molecule has 1 aromatic carbocycles. The molecule has 0 aliphatic rings. The van der Waals surface area contributed by atoms with E-state index < -0.39 is 17.8 Å². The van der Waals surface area contributed by atoms with Crippen LogP contribution in [0.15, 0.2) is 42.6 Å². The van der Waals surface area contributed by atoms with Crippen molar-refractivity contribution in [2.45, 2.75) is 12.7 Å². The van der Waals surface area contributed by atoms with E-state index in [9.17, 15) is 18.0 Å². The van der Waals surface area contributed by atoms with Crippen LogP contribution >= 0.6 is 0 Å². The summed E-state index contributed by atoms with van der Waals surface area (Å²) < 4.78 is 37.0. The molecule has 0 fully saturated rings. The lowest BCUT2D eigenvalue weighted by Gasteiger charge is -2.08. The number of alkyl halides is 3. The summed E-state index contributed by atoms with van der Waals surface area (Å²) in [4.78, 5) is 15.0. The van der Waals surface area contributed by atoms with Crippen molar-refractivity contribution in [2.24, 2.45) is 0 Å². The number of hydrogen-bond donors (Lipinski definition) is 2. The number of nitrogens with zero attached hydrogens (tertiary/aromatic N) is 1. The molecule has 1 amide bonds. The number of nitrogens with one attached hydrogen (secondary N) is 1. The van der Waals surface area contributed by atoms with Gasteiger partial charge in [0.2, 0.25) is 0 Å². The third-order valence-electron chi connectivity index (χ3n) is 2.75. The molecule has 0 saturated heterocycles. The molecular formula is C14H12F3N3O. The zero-order valence-corrected chi connectivity index (χ0v) is 10.8. The minimum atomic E-state index is -4.51. The third-order valence-corrected chi connectivity index (χ3v) is 2.75. The van der Waals surface area contributed by atoms with Crippen LogP contribution in [0.4, 0.5) is 18.9 Å². The van der Waals surface area contributed by atoms with Gasteiger partial charge in [-0.15, -0.1) is 0 Å². The van der Waals surface area contributed by atoms with Crippen molar-refractivity contribution in [2.75, 3.05) is 5.73 Å². The summed E-state index contributed by atoms with van der Waals surface area (Å²) >= 11 is 0. The van der Waals surface area contributed by atoms with Crippen LogP contribution in [-0.2, 0) is 12.7 Å². The topological polar surface area (TPSA) is 68.0 Å². The number of carbonyl (C=O) groups is 1. The fourth-order valence-electron chi connectivity index (χ4n) is 1.62. The van der Waals surface area contributed by atoms with E-state index in [0.29, 0.717) is 5.69 Å². The minimum Gasteiger partial charge on any atom is -0.399 e. The average molecular weight is 295 g/mol. The predicted octanol–water partition coefficient (Wildman–Crippen LogP) is 2.61. The predicted molar refractivity (Wildman–Crippen MR) is 71.3 cm³/mol. The van der Waals surface area contributed by atoms with Gasteiger partial charge in [0.15, 0.2) is 0 Å². The van der Waals surface area contributed by atoms with Crippen LogP contribution in [0.2, 0.25) is 0 Å². The molecule has 21 heavy (non-hydrogen) atoms. The zero-order chi connectivity index (χ0) is 15.5. The molecule has 110 valence electrons. The van der Waals surface area contributed by atoms with E-state index in [-0.39, 0.29) is 12.1 Å². The van der Waals surface area contributed by atoms with Crippen LogP contribution in [0.3, 0.4) is 0 Å². The molecule has 3 N–H and O–H groups in total. The fraction of sp³-hybridized carbons (Fsp3) is 0.143. The molecule has 1 heterocycles. The van der Waals surface area contributed by atoms with E-state index in [1.807, 2.05) is 0 Å². The van der Waals surface area contributed by atoms with Gasteiger partial charge in [-0.2, -0.15) is 13.2 Å². The van der Waals surface area contributed by atoms with E-state index in [0.717, 1.165) is 23.9 Å². The van der Waals surface area contributed by atoms with Gasteiger partial charge in [-0.3, -0.25) is 9.78 Å². The lowest BCUT2D eigenvalue weighted by atomic mass is 10.2. The summed E-state index contributed by atoms with van der Waals surface area (Å²) in [5.74, 6) is -0.493. The number of anilines is 1. The van der Waals surface area contributed by atoms with Crippen molar-refractivity contribution in [1.82, 2.24) is 10.3 Å². The van der Waals surface area contributed by atoms with Crippen LogP contribution in [-0.4, -0.2) is 10.9 Å². The number of pyridine rings is 1. The smallest absolute Gasteiger partial charge is 0.399 e. The van der Waals surface area contributed by atoms with Gasteiger partial charge in [0.05, 0.1) is 5.56 Å². The number of benzene rings is 1. The number of aromatic nitrogens is 1. The highest BCUT2D eigenvalue weighted by atomic mass is 19.4. The Labute approximate surface area is 118 Å². The standard InChI is InChI=1S/C14H12F3N3O/c15-14(16,17)12-6-3-10(8-19-12)13(21)20-7-9-1-4-11(18)5-2-9/h1-6,8H,7,18H2,(H,20,21). The number of carbonyl (C=O) groups excluding carboxylic acids is 1. The first-order valence-corrected chi connectivity index (χ1v) is 6.02. The number of nitrogens with two attached hydrogens (primary N) is 1. The Hall–Kier alpha value is -2.57. The van der Waals surface area contributed by atoms with Gasteiger partial charge in [-0.1, -0.05) is 12.1 Å². The first-order valence-electron chi connectivity index (χ1n) is 6.02. The van der Waals surface area contributed by atoms with Gasteiger partial charge in [0.25, 0.3) is 5.91 Å². The fourth-order valence-corrected chi connectivity index (χ4v) is 1.62. The highest BCUT2D eigenvalue weighted by molar-refractivity contribution is 5.93. The second-order valence-electron chi connectivity index (χ2n) is 4.35. The Morgan fingerprint density at radius 1 is 1.14 bits per heavy atom. The maximum absolute atomic E-state index is 12.3. The Balaban J connectivity index is 1.99. The van der Waals surface area contributed by atoms with Crippen LogP contribution in [0, 0.1) is 0 Å². The first kappa shape index (κ1) is 14.8. The molecular weight excluding hydrogens is 283 g/mol. The second-order valence-corrected chi connectivity index (χ2v) is 4.35. The SMILES string of the molecule is Nc1ccc(CNC(=O)c2ccc(C(F)(F)F)nc2)cc1. The van der Waals surface area contributed by atoms with E-state index in [1.165, 1.54) is 0 Å². The summed E-state index contributed by atoms with van der Waals surface area (Å²) in [5.41, 5.74) is 6.01. The van der Waals surface area contributed by atoms with Gasteiger partial charge in [0, 0.05) is 18.4 Å². The molecule has 0 unspecified atom stereocenters. The summed E-state index contributed by atoms with van der Waals surface area (Å²) in [5, 5.41) is 2.59. The summed E-state index contributed by atoms with van der Waals surface area (Å²) in [7, 11) is 0. The number of halogens is 3. The molecule has 0 radical (unpaired) electrons. The van der Waals surface area contributed by atoms with Gasteiger partial charge in [-0.05, 0) is 29.8 Å². The van der Waals surface area contributed by atoms with Crippen LogP contribution < -0.4 is 11.1 Å². The van der Waals surface area contributed by atoms with E-state index in [2.05, 4.69) is 10.3 Å². The molecule has 0 saturated carbocycles. The maximum atomic E-state index is 12.3. The highest BCUT2D eigenvalue weighted by Crippen LogP contribution is 2.27. The molecule has 0 bridgehead atoms. The van der Waals surface area contributed by atoms with Gasteiger partial charge < -0.3 is 11.1 Å². The van der Waals surface area contributed by atoms with E-state index in [4.69, 9.17) is 5.73 Å². The lowest BCUT2D eigenvalue weighted by molar-refractivity contribution is -0.141. The number of amides is 1. The summed E-state index contributed by atoms with van der Waals surface area (Å²) in [6.07, 6.45) is -3.61. The molecule has 7 heteroatoms. The quantitative estimate of drug-likeness (QED) is 0.855. The Morgan fingerprint density at radius 3 is 2.33 bits per heavy atom. The molecule has 2 aromatic rings. The van der Waals surface area contributed by atoms with Crippen LogP contribution in [0.25, 0.3) is 0 Å². The van der Waals surface area contributed by atoms with E-state index in [1.54, 1.807) is 24.3 Å². The van der Waals surface area contributed by atoms with Crippen LogP contribution in [0.5, 0.6) is 0 Å². The average Bonchev–Trinajstić information content (AvgIpc) is 2.45. The lowest BCUT2D eigenvalue weighted by Crippen LogP contribution is -2.23. The second kappa shape index (κ2) is 5.82. The molecule has 0 spiro atoms. The molecule has 4 nitrogen and oxygen atoms in total. The van der Waals surface area contributed by atoms with Crippen molar-refractivity contribution in [1.29, 1.82) is 0 Å². The molecule has 0 aliphatic heterocycles. The summed E-state index contributed by atoms with van der Waals surface area (Å²) in [6.45, 7) is 0.250.